The Balaban J connectivity index is 1.59. The Morgan fingerprint density at radius 2 is 2.27 bits per heavy atom. The van der Waals surface area contributed by atoms with E-state index in [1.54, 1.807) is 6.07 Å². The lowest BCUT2D eigenvalue weighted by Gasteiger charge is -2.20. The van der Waals surface area contributed by atoms with E-state index < -0.39 is 16.6 Å². The second-order valence-corrected chi connectivity index (χ2v) is 7.50. The topological polar surface area (TPSA) is 113 Å². The van der Waals surface area contributed by atoms with Crippen LogP contribution >= 0.6 is 0 Å². The molecule has 2 N–H and O–H groups in total. The van der Waals surface area contributed by atoms with Crippen LogP contribution in [0.3, 0.4) is 0 Å². The Bertz CT molecular complexity index is 826. The fourth-order valence-electron chi connectivity index (χ4n) is 2.98. The van der Waals surface area contributed by atoms with E-state index in [0.717, 1.165) is 19.5 Å². The zero-order valence-electron chi connectivity index (χ0n) is 15.1. The van der Waals surface area contributed by atoms with E-state index in [1.807, 2.05) is 20.8 Å². The van der Waals surface area contributed by atoms with Gasteiger partial charge in [0.2, 0.25) is 5.95 Å². The average Bonchev–Trinajstić information content (AvgIpc) is 3.16. The number of carbonyl (C=O) groups is 1. The number of amides is 1. The molecule has 2 heterocycles. The average molecular weight is 361 g/mol. The van der Waals surface area contributed by atoms with Crippen molar-refractivity contribution < 1.29 is 14.5 Å². The Kier molecular flexibility index (Phi) is 4.71. The van der Waals surface area contributed by atoms with Crippen LogP contribution in [0.15, 0.2) is 18.2 Å². The number of fused-ring (bicyclic) bond motifs is 1. The number of benzene rings is 1. The number of aromatic amines is 1. The van der Waals surface area contributed by atoms with Gasteiger partial charge in [0.1, 0.15) is 5.60 Å². The van der Waals surface area contributed by atoms with Gasteiger partial charge < -0.3 is 19.9 Å². The zero-order valence-corrected chi connectivity index (χ0v) is 15.1. The predicted molar refractivity (Wildman–Crippen MR) is 97.3 cm³/mol. The van der Waals surface area contributed by atoms with Crippen LogP contribution in [0.1, 0.15) is 27.2 Å². The summed E-state index contributed by atoms with van der Waals surface area (Å²) in [6, 6.07) is 4.58. The molecule has 140 valence electrons. The smallest absolute Gasteiger partial charge is 0.407 e. The number of nitrogens with zero attached hydrogens (tertiary/aromatic N) is 3. The van der Waals surface area contributed by atoms with Gasteiger partial charge in [-0.1, -0.05) is 0 Å². The van der Waals surface area contributed by atoms with E-state index in [9.17, 15) is 14.9 Å². The lowest BCUT2D eigenvalue weighted by Crippen LogP contribution is -2.36. The van der Waals surface area contributed by atoms with E-state index in [0.29, 0.717) is 29.4 Å². The molecule has 0 radical (unpaired) electrons. The van der Waals surface area contributed by atoms with Gasteiger partial charge in [-0.3, -0.25) is 10.1 Å². The molecule has 1 aliphatic heterocycles. The highest BCUT2D eigenvalue weighted by atomic mass is 16.6. The summed E-state index contributed by atoms with van der Waals surface area (Å²) in [6.45, 7) is 7.58. The molecule has 1 atom stereocenters. The SMILES string of the molecule is CC(C)(C)OC(=O)NCC1CCN(c2nc3ccc([N+](=O)[O-])cc3[nH]2)C1. The first-order chi connectivity index (χ1) is 12.2. The quantitative estimate of drug-likeness (QED) is 0.639. The van der Waals surface area contributed by atoms with Gasteiger partial charge in [0.05, 0.1) is 16.0 Å². The highest BCUT2D eigenvalue weighted by Crippen LogP contribution is 2.26. The first kappa shape index (κ1) is 18.0. The lowest BCUT2D eigenvalue weighted by atomic mass is 10.1. The highest BCUT2D eigenvalue weighted by molar-refractivity contribution is 5.80. The minimum atomic E-state index is -0.511. The van der Waals surface area contributed by atoms with Crippen molar-refractivity contribution in [1.82, 2.24) is 15.3 Å². The summed E-state index contributed by atoms with van der Waals surface area (Å²) in [5.41, 5.74) is 0.863. The molecule has 0 saturated carbocycles. The maximum absolute atomic E-state index is 11.8. The molecular formula is C17H23N5O4. The van der Waals surface area contributed by atoms with E-state index in [1.165, 1.54) is 12.1 Å². The Labute approximate surface area is 150 Å². The second-order valence-electron chi connectivity index (χ2n) is 7.50. The molecular weight excluding hydrogens is 338 g/mol. The number of anilines is 1. The van der Waals surface area contributed by atoms with Crippen molar-refractivity contribution in [2.45, 2.75) is 32.8 Å². The van der Waals surface area contributed by atoms with Crippen LogP contribution in [0.4, 0.5) is 16.4 Å². The molecule has 9 heteroatoms. The Morgan fingerprint density at radius 3 is 2.96 bits per heavy atom. The van der Waals surface area contributed by atoms with E-state index in [2.05, 4.69) is 20.2 Å². The number of nitro groups is 1. The minimum absolute atomic E-state index is 0.0357. The first-order valence-corrected chi connectivity index (χ1v) is 8.57. The number of imidazole rings is 1. The van der Waals surface area contributed by atoms with E-state index >= 15 is 0 Å². The number of hydrogen-bond acceptors (Lipinski definition) is 6. The van der Waals surface area contributed by atoms with Gasteiger partial charge in [-0.05, 0) is 39.2 Å². The van der Waals surface area contributed by atoms with Gasteiger partial charge in [0.15, 0.2) is 0 Å². The van der Waals surface area contributed by atoms with Crippen molar-refractivity contribution in [1.29, 1.82) is 0 Å². The molecule has 0 spiro atoms. The summed E-state index contributed by atoms with van der Waals surface area (Å²) < 4.78 is 5.24. The van der Waals surface area contributed by atoms with Crippen LogP contribution in [0.5, 0.6) is 0 Å². The highest BCUT2D eigenvalue weighted by Gasteiger charge is 2.26. The minimum Gasteiger partial charge on any atom is -0.444 e. The largest absolute Gasteiger partial charge is 0.444 e. The van der Waals surface area contributed by atoms with Crippen molar-refractivity contribution in [3.05, 3.63) is 28.3 Å². The molecule has 9 nitrogen and oxygen atoms in total. The van der Waals surface area contributed by atoms with Gasteiger partial charge in [-0.25, -0.2) is 9.78 Å². The monoisotopic (exact) mass is 361 g/mol. The van der Waals surface area contributed by atoms with Gasteiger partial charge >= 0.3 is 6.09 Å². The molecule has 1 fully saturated rings. The zero-order chi connectivity index (χ0) is 18.9. The molecule has 0 aliphatic carbocycles. The number of alkyl carbamates (subject to hydrolysis) is 1. The maximum atomic E-state index is 11.8. The molecule has 1 aromatic heterocycles. The summed E-state index contributed by atoms with van der Waals surface area (Å²) in [7, 11) is 0. The predicted octanol–water partition coefficient (Wildman–Crippen LogP) is 2.82. The Morgan fingerprint density at radius 1 is 1.50 bits per heavy atom. The standard InChI is InChI=1S/C17H23N5O4/c1-17(2,3)26-16(23)18-9-11-6-7-21(10-11)15-19-13-5-4-12(22(24)25)8-14(13)20-15/h4-5,8,11H,6-7,9-10H2,1-3H3,(H,18,23)(H,19,20). The molecule has 1 amide bonds. The summed E-state index contributed by atoms with van der Waals surface area (Å²) in [5, 5.41) is 13.7. The number of hydrogen-bond donors (Lipinski definition) is 2. The lowest BCUT2D eigenvalue weighted by molar-refractivity contribution is -0.384. The van der Waals surface area contributed by atoms with Crippen molar-refractivity contribution in [2.75, 3.05) is 24.5 Å². The number of aromatic nitrogens is 2. The first-order valence-electron chi connectivity index (χ1n) is 8.57. The van der Waals surface area contributed by atoms with E-state index in [-0.39, 0.29) is 5.69 Å². The van der Waals surface area contributed by atoms with Crippen molar-refractivity contribution in [3.8, 4) is 0 Å². The van der Waals surface area contributed by atoms with Gasteiger partial charge in [-0.2, -0.15) is 0 Å². The van der Waals surface area contributed by atoms with Crippen molar-refractivity contribution in [2.24, 2.45) is 5.92 Å². The molecule has 0 bridgehead atoms. The fourth-order valence-corrected chi connectivity index (χ4v) is 2.98. The molecule has 3 rings (SSSR count). The summed E-state index contributed by atoms with van der Waals surface area (Å²) in [4.78, 5) is 32.0. The van der Waals surface area contributed by atoms with Crippen molar-refractivity contribution >= 4 is 28.8 Å². The Hall–Kier alpha value is -2.84. The van der Waals surface area contributed by atoms with Crippen LogP contribution in [-0.2, 0) is 4.74 Å². The van der Waals surface area contributed by atoms with Crippen LogP contribution in [0.25, 0.3) is 11.0 Å². The molecule has 26 heavy (non-hydrogen) atoms. The van der Waals surface area contributed by atoms with Gasteiger partial charge in [-0.15, -0.1) is 0 Å². The van der Waals surface area contributed by atoms with Crippen LogP contribution in [0.2, 0.25) is 0 Å². The third-order valence-corrected chi connectivity index (χ3v) is 4.18. The number of ether oxygens (including phenoxy) is 1. The molecule has 1 unspecified atom stereocenters. The van der Waals surface area contributed by atoms with Crippen LogP contribution < -0.4 is 10.2 Å². The number of H-pyrrole nitrogens is 1. The summed E-state index contributed by atoms with van der Waals surface area (Å²) in [6.07, 6.45) is 0.513. The van der Waals surface area contributed by atoms with Gasteiger partial charge in [0.25, 0.3) is 5.69 Å². The number of carbonyl (C=O) groups excluding carboxylic acids is 1. The maximum Gasteiger partial charge on any atom is 0.407 e. The van der Waals surface area contributed by atoms with Gasteiger partial charge in [0, 0.05) is 31.8 Å². The molecule has 1 aromatic carbocycles. The molecule has 1 aliphatic rings. The molecule has 1 saturated heterocycles. The van der Waals surface area contributed by atoms with Crippen LogP contribution in [0, 0.1) is 16.0 Å². The fraction of sp³-hybridized carbons (Fsp3) is 0.529. The number of nitro benzene ring substituents is 1. The summed E-state index contributed by atoms with van der Waals surface area (Å²) >= 11 is 0. The van der Waals surface area contributed by atoms with Crippen LogP contribution in [-0.4, -0.2) is 46.2 Å². The van der Waals surface area contributed by atoms with E-state index in [4.69, 9.17) is 4.74 Å². The second kappa shape index (κ2) is 6.81. The number of non-ortho nitro benzene ring substituents is 1. The molecule has 2 aromatic rings. The number of nitrogens with one attached hydrogen (secondary N) is 2. The normalized spacial score (nSPS) is 17.5. The third kappa shape index (κ3) is 4.22. The van der Waals surface area contributed by atoms with Crippen molar-refractivity contribution in [3.63, 3.8) is 0 Å². The summed E-state index contributed by atoms with van der Waals surface area (Å²) in [5.74, 6) is 0.991. The number of rotatable bonds is 4. The third-order valence-electron chi connectivity index (χ3n) is 4.18.